The number of furan rings is 1. The summed E-state index contributed by atoms with van der Waals surface area (Å²) < 4.78 is 103. The molecule has 3 heterocycles. The highest BCUT2D eigenvalue weighted by Crippen LogP contribution is 2.36. The van der Waals surface area contributed by atoms with E-state index in [1.807, 2.05) is 66.7 Å². The second-order valence-electron chi connectivity index (χ2n) is 10.4. The van der Waals surface area contributed by atoms with Crippen LogP contribution in [0.25, 0.3) is 88.4 Å². The zero-order chi connectivity index (χ0) is 40.0. The van der Waals surface area contributed by atoms with Gasteiger partial charge in [-0.1, -0.05) is 115 Å². The van der Waals surface area contributed by atoms with E-state index in [4.69, 9.17) is 25.4 Å². The van der Waals surface area contributed by atoms with Crippen molar-refractivity contribution in [2.75, 3.05) is 0 Å². The van der Waals surface area contributed by atoms with Gasteiger partial charge in [-0.25, -0.2) is 15.0 Å². The number of aromatic nitrogens is 3. The van der Waals surface area contributed by atoms with E-state index in [0.29, 0.717) is 11.1 Å². The van der Waals surface area contributed by atoms with Gasteiger partial charge in [0, 0.05) is 43.1 Å². The lowest BCUT2D eigenvalue weighted by atomic mass is 10.0. The summed E-state index contributed by atoms with van der Waals surface area (Å²) in [4.78, 5) is 14.2. The molecule has 0 aliphatic carbocycles. The summed E-state index contributed by atoms with van der Waals surface area (Å²) in [5.74, 6) is 0.415. The molecule has 0 amide bonds. The molecule has 5 heteroatoms. The Hall–Kier alpha value is -5.91. The Balaban J connectivity index is 1.26. The molecule has 0 saturated carbocycles. The summed E-state index contributed by atoms with van der Waals surface area (Å²) in [7, 11) is 0. The van der Waals surface area contributed by atoms with Crippen LogP contribution in [0.4, 0.5) is 0 Å². The van der Waals surface area contributed by atoms with Crippen LogP contribution in [0.2, 0.25) is 0 Å². The fraction of sp³-hybridized carbons (Fsp3) is 0. The molecule has 0 saturated heterocycles. The summed E-state index contributed by atoms with van der Waals surface area (Å²) in [5.41, 5.74) is 1.72. The van der Waals surface area contributed by atoms with E-state index < -0.39 is 77.6 Å². The highest BCUT2D eigenvalue weighted by Gasteiger charge is 2.16. The summed E-state index contributed by atoms with van der Waals surface area (Å²) in [6, 6.07) is 18.5. The van der Waals surface area contributed by atoms with Gasteiger partial charge in [0.05, 0.1) is 15.1 Å². The van der Waals surface area contributed by atoms with Gasteiger partial charge in [0.2, 0.25) is 0 Å². The summed E-state index contributed by atoms with van der Waals surface area (Å²) in [5, 5.41) is 2.87. The van der Waals surface area contributed by atoms with Crippen LogP contribution in [0.15, 0.2) is 155 Å². The molecule has 46 heavy (non-hydrogen) atoms. The molecule has 216 valence electrons. The van der Waals surface area contributed by atoms with Crippen molar-refractivity contribution in [1.29, 1.82) is 0 Å². The maximum Gasteiger partial charge on any atom is 0.164 e. The molecule has 0 spiro atoms. The number of thiophene rings is 1. The van der Waals surface area contributed by atoms with Crippen molar-refractivity contribution in [3.05, 3.63) is 151 Å². The lowest BCUT2D eigenvalue weighted by molar-refractivity contribution is 0.669. The van der Waals surface area contributed by atoms with Gasteiger partial charge in [-0.3, -0.25) is 0 Å². The molecule has 9 rings (SSSR count). The normalized spacial score (nSPS) is 14.8. The highest BCUT2D eigenvalue weighted by atomic mass is 32.1. The Bertz CT molecular complexity index is 3120. The maximum absolute atomic E-state index is 9.34. The molecule has 0 radical (unpaired) electrons. The van der Waals surface area contributed by atoms with Crippen molar-refractivity contribution in [2.45, 2.75) is 0 Å². The first-order valence-electron chi connectivity index (χ1n) is 19.8. The average molecular weight is 619 g/mol. The third-order valence-corrected chi connectivity index (χ3v) is 8.55. The van der Waals surface area contributed by atoms with Crippen LogP contribution in [-0.2, 0) is 0 Å². The molecule has 0 fully saturated rings. The van der Waals surface area contributed by atoms with E-state index in [2.05, 4.69) is 22.5 Å². The predicted octanol–water partition coefficient (Wildman–Crippen LogP) is 11.3. The number of hydrogen-bond donors (Lipinski definition) is 0. The van der Waals surface area contributed by atoms with E-state index in [1.54, 1.807) is 11.3 Å². The first-order valence-corrected chi connectivity index (χ1v) is 15.2. The standard InChI is InChI=1S/C41H25N3OS/c1-3-9-26(10-4-1)30-20-22-36-34(23-30)32-21-19-31(24-37(32)45-36)41-43-39(28-11-5-2-6-12-28)42-40(44-41)29-17-15-27(16-18-29)35-25-46-38-14-8-7-13-33(35)38/h1-25H/i1D,3D,4D,9D,10D,19D,20D,21D,22D,23D,24D. The van der Waals surface area contributed by atoms with Crippen molar-refractivity contribution >= 4 is 43.4 Å². The summed E-state index contributed by atoms with van der Waals surface area (Å²) in [6.07, 6.45) is 0. The maximum atomic E-state index is 9.34. The average Bonchev–Trinajstić information content (AvgIpc) is 3.86. The van der Waals surface area contributed by atoms with E-state index in [1.165, 1.54) is 4.70 Å². The first kappa shape index (κ1) is 17.5. The zero-order valence-electron chi connectivity index (χ0n) is 34.7. The van der Waals surface area contributed by atoms with Crippen molar-refractivity contribution in [2.24, 2.45) is 0 Å². The molecule has 0 N–H and O–H groups in total. The molecule has 0 bridgehead atoms. The number of rotatable bonds is 5. The SMILES string of the molecule is [2H]c1c([2H])c([2H])c(-c2c([2H])c([2H])c3oc4c([2H])c(-c5nc(-c6ccccc6)nc(-c6ccc(-c7csc8ccccc78)cc6)n5)c([2H])c([2H])c4c3c2[2H])c([2H])c1[2H]. The molecule has 0 atom stereocenters. The Morgan fingerprint density at radius 1 is 0.478 bits per heavy atom. The van der Waals surface area contributed by atoms with Gasteiger partial charge < -0.3 is 4.42 Å². The Morgan fingerprint density at radius 3 is 1.96 bits per heavy atom. The largest absolute Gasteiger partial charge is 0.456 e. The van der Waals surface area contributed by atoms with Crippen molar-refractivity contribution < 1.29 is 19.5 Å². The van der Waals surface area contributed by atoms with Gasteiger partial charge in [0.15, 0.2) is 17.5 Å². The zero-order valence-corrected chi connectivity index (χ0v) is 24.6. The first-order chi connectivity index (χ1) is 27.4. The van der Waals surface area contributed by atoms with Gasteiger partial charge in [-0.15, -0.1) is 11.3 Å². The Morgan fingerprint density at radius 2 is 1.15 bits per heavy atom. The second-order valence-corrected chi connectivity index (χ2v) is 11.3. The van der Waals surface area contributed by atoms with E-state index >= 15 is 0 Å². The number of benzene rings is 6. The Kier molecular flexibility index (Phi) is 4.16. The summed E-state index contributed by atoms with van der Waals surface area (Å²) in [6.45, 7) is 0. The number of hydrogen-bond acceptors (Lipinski definition) is 5. The van der Waals surface area contributed by atoms with Gasteiger partial charge >= 0.3 is 0 Å². The quantitative estimate of drug-likeness (QED) is 0.193. The molecule has 0 aliphatic rings. The van der Waals surface area contributed by atoms with Gasteiger partial charge in [-0.05, 0) is 52.3 Å². The van der Waals surface area contributed by atoms with Crippen LogP contribution in [0.3, 0.4) is 0 Å². The van der Waals surface area contributed by atoms with Gasteiger partial charge in [-0.2, -0.15) is 0 Å². The van der Waals surface area contributed by atoms with Gasteiger partial charge in [0.25, 0.3) is 0 Å². The lowest BCUT2D eigenvalue weighted by Crippen LogP contribution is -2.00. The molecular weight excluding hydrogens is 583 g/mol. The van der Waals surface area contributed by atoms with E-state index in [-0.39, 0.29) is 45.0 Å². The van der Waals surface area contributed by atoms with Crippen molar-refractivity contribution in [3.63, 3.8) is 0 Å². The highest BCUT2D eigenvalue weighted by molar-refractivity contribution is 7.17. The van der Waals surface area contributed by atoms with Gasteiger partial charge in [0.1, 0.15) is 11.2 Å². The fourth-order valence-corrected chi connectivity index (χ4v) is 6.31. The molecule has 0 aliphatic heterocycles. The predicted molar refractivity (Wildman–Crippen MR) is 190 cm³/mol. The fourth-order valence-electron chi connectivity index (χ4n) is 5.34. The van der Waals surface area contributed by atoms with Crippen LogP contribution < -0.4 is 0 Å². The van der Waals surface area contributed by atoms with E-state index in [0.717, 1.165) is 16.5 Å². The summed E-state index contributed by atoms with van der Waals surface area (Å²) >= 11 is 1.66. The van der Waals surface area contributed by atoms with Crippen molar-refractivity contribution in [1.82, 2.24) is 15.0 Å². The third-order valence-electron chi connectivity index (χ3n) is 7.59. The van der Waals surface area contributed by atoms with Crippen LogP contribution in [0, 0.1) is 0 Å². The monoisotopic (exact) mass is 618 g/mol. The second kappa shape index (κ2) is 10.9. The molecule has 6 aromatic carbocycles. The van der Waals surface area contributed by atoms with Crippen LogP contribution >= 0.6 is 11.3 Å². The number of fused-ring (bicyclic) bond motifs is 4. The van der Waals surface area contributed by atoms with Crippen molar-refractivity contribution in [3.8, 4) is 56.4 Å². The molecule has 0 unspecified atom stereocenters. The number of nitrogens with zero attached hydrogens (tertiary/aromatic N) is 3. The van der Waals surface area contributed by atoms with Crippen LogP contribution in [0.1, 0.15) is 15.1 Å². The van der Waals surface area contributed by atoms with Crippen LogP contribution in [0.5, 0.6) is 0 Å². The minimum Gasteiger partial charge on any atom is -0.456 e. The molecule has 4 nitrogen and oxygen atoms in total. The van der Waals surface area contributed by atoms with Crippen LogP contribution in [-0.4, -0.2) is 15.0 Å². The molecular formula is C41H25N3OS. The third kappa shape index (κ3) is 4.66. The van der Waals surface area contributed by atoms with E-state index in [9.17, 15) is 4.11 Å². The molecule has 9 aromatic rings. The minimum absolute atomic E-state index is 0.0872. The smallest absolute Gasteiger partial charge is 0.164 e. The topological polar surface area (TPSA) is 51.8 Å². The minimum atomic E-state index is -0.681. The lowest BCUT2D eigenvalue weighted by Gasteiger charge is -2.09. The molecule has 3 aromatic heterocycles. The Labute approximate surface area is 284 Å².